The van der Waals surface area contributed by atoms with Crippen molar-refractivity contribution in [3.8, 4) is 17.2 Å². The highest BCUT2D eigenvalue weighted by molar-refractivity contribution is 5.70. The summed E-state index contributed by atoms with van der Waals surface area (Å²) in [6.07, 6.45) is 5.64. The standard InChI is InChI=1S/C33H38FN5O3/c1-5-8-30-28(17-23-12-11-22(18-29(23)34)27-10-7-6-9-24(27)19-35)31(40)38(32-36-20-37-39(30)32)25-13-15-26(16-14-25)42-21(2)33(3,4)41/h6-7,9-12,18,20-21,25-26,41H,5,8,13-17H2,1-4H3. The minimum absolute atomic E-state index is 0.00452. The Morgan fingerprint density at radius 1 is 1.19 bits per heavy atom. The van der Waals surface area contributed by atoms with Crippen molar-refractivity contribution in [2.24, 2.45) is 0 Å². The van der Waals surface area contributed by atoms with Crippen LogP contribution in [0.1, 0.15) is 88.2 Å². The van der Waals surface area contributed by atoms with Crippen LogP contribution in [0.15, 0.2) is 53.6 Å². The number of hydrogen-bond donors (Lipinski definition) is 1. The first-order chi connectivity index (χ1) is 20.1. The summed E-state index contributed by atoms with van der Waals surface area (Å²) in [5.74, 6) is 0.0799. The Balaban J connectivity index is 1.48. The van der Waals surface area contributed by atoms with E-state index in [0.717, 1.165) is 37.8 Å². The average molecular weight is 572 g/mol. The molecule has 2 heterocycles. The second-order valence-corrected chi connectivity index (χ2v) is 11.8. The van der Waals surface area contributed by atoms with Gasteiger partial charge in [-0.2, -0.15) is 15.3 Å². The minimum Gasteiger partial charge on any atom is -0.388 e. The lowest BCUT2D eigenvalue weighted by Crippen LogP contribution is -2.40. The number of aliphatic hydroxyl groups is 1. The lowest BCUT2D eigenvalue weighted by atomic mass is 9.91. The summed E-state index contributed by atoms with van der Waals surface area (Å²) >= 11 is 0. The summed E-state index contributed by atoms with van der Waals surface area (Å²) in [6, 6.07) is 14.1. The Kier molecular flexibility index (Phi) is 8.58. The van der Waals surface area contributed by atoms with Crippen molar-refractivity contribution < 1.29 is 14.2 Å². The van der Waals surface area contributed by atoms with E-state index in [-0.39, 0.29) is 30.2 Å². The molecule has 8 nitrogen and oxygen atoms in total. The summed E-state index contributed by atoms with van der Waals surface area (Å²) in [7, 11) is 0. The van der Waals surface area contributed by atoms with Crippen molar-refractivity contribution in [1.29, 1.82) is 5.26 Å². The van der Waals surface area contributed by atoms with Crippen LogP contribution in [0.4, 0.5) is 4.39 Å². The van der Waals surface area contributed by atoms with Gasteiger partial charge in [0.1, 0.15) is 12.1 Å². The van der Waals surface area contributed by atoms with E-state index in [1.54, 1.807) is 53.3 Å². The Morgan fingerprint density at radius 3 is 2.60 bits per heavy atom. The molecule has 1 aliphatic rings. The summed E-state index contributed by atoms with van der Waals surface area (Å²) in [4.78, 5) is 18.7. The van der Waals surface area contributed by atoms with E-state index in [1.165, 1.54) is 12.4 Å². The molecule has 5 rings (SSSR count). The fraction of sp³-hybridized carbons (Fsp3) is 0.455. The van der Waals surface area contributed by atoms with Gasteiger partial charge in [-0.15, -0.1) is 0 Å². The van der Waals surface area contributed by atoms with E-state index in [2.05, 4.69) is 16.2 Å². The van der Waals surface area contributed by atoms with Crippen LogP contribution in [0.2, 0.25) is 0 Å². The van der Waals surface area contributed by atoms with Gasteiger partial charge in [-0.3, -0.25) is 9.36 Å². The molecule has 1 N–H and O–H groups in total. The van der Waals surface area contributed by atoms with Gasteiger partial charge >= 0.3 is 0 Å². The number of aryl methyl sites for hydroxylation is 1. The molecule has 0 amide bonds. The molecule has 220 valence electrons. The van der Waals surface area contributed by atoms with Crippen molar-refractivity contribution in [2.45, 2.75) is 96.5 Å². The van der Waals surface area contributed by atoms with Gasteiger partial charge in [-0.25, -0.2) is 8.91 Å². The van der Waals surface area contributed by atoms with E-state index >= 15 is 4.39 Å². The number of halogens is 1. The monoisotopic (exact) mass is 571 g/mol. The van der Waals surface area contributed by atoms with E-state index in [1.807, 2.05) is 19.9 Å². The molecule has 1 saturated carbocycles. The van der Waals surface area contributed by atoms with Crippen molar-refractivity contribution >= 4 is 5.78 Å². The van der Waals surface area contributed by atoms with Crippen LogP contribution >= 0.6 is 0 Å². The summed E-state index contributed by atoms with van der Waals surface area (Å²) in [5, 5.41) is 24.3. The van der Waals surface area contributed by atoms with Crippen LogP contribution in [0.3, 0.4) is 0 Å². The number of ether oxygens (including phenoxy) is 1. The van der Waals surface area contributed by atoms with Gasteiger partial charge in [-0.1, -0.05) is 43.7 Å². The van der Waals surface area contributed by atoms with Crippen LogP contribution in [-0.4, -0.2) is 42.1 Å². The maximum atomic E-state index is 15.6. The highest BCUT2D eigenvalue weighted by Crippen LogP contribution is 2.33. The third-order valence-corrected chi connectivity index (χ3v) is 8.49. The summed E-state index contributed by atoms with van der Waals surface area (Å²) in [6.45, 7) is 7.40. The highest BCUT2D eigenvalue weighted by atomic mass is 19.1. The van der Waals surface area contributed by atoms with Crippen molar-refractivity contribution in [2.75, 3.05) is 0 Å². The maximum Gasteiger partial charge on any atom is 0.259 e. The van der Waals surface area contributed by atoms with E-state index in [9.17, 15) is 15.2 Å². The molecule has 0 saturated heterocycles. The molecule has 1 atom stereocenters. The third-order valence-electron chi connectivity index (χ3n) is 8.49. The van der Waals surface area contributed by atoms with Crippen LogP contribution in [0.25, 0.3) is 16.9 Å². The van der Waals surface area contributed by atoms with E-state index in [0.29, 0.717) is 40.0 Å². The number of fused-ring (bicyclic) bond motifs is 1. The van der Waals surface area contributed by atoms with Crippen LogP contribution in [-0.2, 0) is 17.6 Å². The number of aromatic nitrogens is 4. The minimum atomic E-state index is -0.932. The van der Waals surface area contributed by atoms with Crippen molar-refractivity contribution in [3.63, 3.8) is 0 Å². The highest BCUT2D eigenvalue weighted by Gasteiger charge is 2.31. The molecule has 0 bridgehead atoms. The Morgan fingerprint density at radius 2 is 1.93 bits per heavy atom. The zero-order chi connectivity index (χ0) is 30.0. The zero-order valence-electron chi connectivity index (χ0n) is 24.7. The normalized spacial score (nSPS) is 18.2. The number of benzene rings is 2. The fourth-order valence-electron chi connectivity index (χ4n) is 5.85. The predicted molar refractivity (Wildman–Crippen MR) is 159 cm³/mol. The van der Waals surface area contributed by atoms with Crippen LogP contribution < -0.4 is 5.56 Å². The number of hydrogen-bond acceptors (Lipinski definition) is 6. The molecular formula is C33H38FN5O3. The van der Waals surface area contributed by atoms with Crippen LogP contribution in [0.5, 0.6) is 0 Å². The smallest absolute Gasteiger partial charge is 0.259 e. The second kappa shape index (κ2) is 12.2. The first kappa shape index (κ1) is 29.6. The first-order valence-corrected chi connectivity index (χ1v) is 14.7. The van der Waals surface area contributed by atoms with Crippen molar-refractivity contribution in [3.05, 3.63) is 87.3 Å². The molecule has 1 unspecified atom stereocenters. The average Bonchev–Trinajstić information content (AvgIpc) is 3.45. The Hall–Kier alpha value is -3.87. The molecule has 2 aromatic heterocycles. The van der Waals surface area contributed by atoms with Gasteiger partial charge < -0.3 is 9.84 Å². The SMILES string of the molecule is CCCc1c(Cc2ccc(-c3ccccc3C#N)cc2F)c(=O)n(C2CCC(OC(C)C(C)(C)O)CC2)c2ncnn12. The second-order valence-electron chi connectivity index (χ2n) is 11.8. The molecule has 9 heteroatoms. The zero-order valence-corrected chi connectivity index (χ0v) is 24.7. The molecule has 2 aromatic carbocycles. The van der Waals surface area contributed by atoms with Crippen molar-refractivity contribution in [1.82, 2.24) is 19.2 Å². The van der Waals surface area contributed by atoms with Gasteiger partial charge in [0.25, 0.3) is 5.56 Å². The fourth-order valence-corrected chi connectivity index (χ4v) is 5.85. The Bertz CT molecular complexity index is 1670. The van der Waals surface area contributed by atoms with E-state index < -0.39 is 11.4 Å². The summed E-state index contributed by atoms with van der Waals surface area (Å²) in [5.41, 5.74) is 2.34. The number of nitriles is 1. The molecule has 42 heavy (non-hydrogen) atoms. The lowest BCUT2D eigenvalue weighted by Gasteiger charge is -2.35. The van der Waals surface area contributed by atoms with Gasteiger partial charge in [0.15, 0.2) is 0 Å². The first-order valence-electron chi connectivity index (χ1n) is 14.7. The van der Waals surface area contributed by atoms with Gasteiger partial charge in [0, 0.05) is 18.0 Å². The van der Waals surface area contributed by atoms with Gasteiger partial charge in [0.05, 0.1) is 35.1 Å². The molecule has 0 spiro atoms. The molecule has 1 fully saturated rings. The molecule has 0 radical (unpaired) electrons. The summed E-state index contributed by atoms with van der Waals surface area (Å²) < 4.78 is 25.2. The topological polar surface area (TPSA) is 105 Å². The van der Waals surface area contributed by atoms with Gasteiger partial charge in [0.2, 0.25) is 5.78 Å². The number of nitrogens with zero attached hydrogens (tertiary/aromatic N) is 5. The number of rotatable bonds is 9. The predicted octanol–water partition coefficient (Wildman–Crippen LogP) is 5.77. The quantitative estimate of drug-likeness (QED) is 0.273. The maximum absolute atomic E-state index is 15.6. The molecule has 4 aromatic rings. The Labute approximate surface area is 245 Å². The van der Waals surface area contributed by atoms with E-state index in [4.69, 9.17) is 4.74 Å². The largest absolute Gasteiger partial charge is 0.388 e. The molecular weight excluding hydrogens is 533 g/mol. The van der Waals surface area contributed by atoms with Gasteiger partial charge in [-0.05, 0) is 81.7 Å². The molecule has 0 aliphatic heterocycles. The van der Waals surface area contributed by atoms with Crippen LogP contribution in [0, 0.1) is 17.1 Å². The molecule has 1 aliphatic carbocycles. The lowest BCUT2D eigenvalue weighted by molar-refractivity contribution is -0.118. The third kappa shape index (κ3) is 5.87.